The minimum absolute atomic E-state index is 0.0463. The van der Waals surface area contributed by atoms with Crippen LogP contribution in [0.25, 0.3) is 0 Å². The molecule has 0 saturated carbocycles. The molecule has 1 amide bonds. The summed E-state index contributed by atoms with van der Waals surface area (Å²) in [5.74, 6) is -0.297. The molecule has 0 spiro atoms. The van der Waals surface area contributed by atoms with Crippen molar-refractivity contribution in [1.82, 2.24) is 5.32 Å². The molecule has 0 rings (SSSR count). The molecule has 0 heterocycles. The van der Waals surface area contributed by atoms with Gasteiger partial charge in [-0.2, -0.15) is 0 Å². The number of Topliss-reactive ketones (excluding diaryl/α,β-unsaturated/α-hetero) is 1. The minimum atomic E-state index is -3.03. The molecule has 0 atom stereocenters. The molecule has 0 aliphatic carbocycles. The van der Waals surface area contributed by atoms with Crippen LogP contribution in [0, 0.1) is 0 Å². The van der Waals surface area contributed by atoms with Crippen molar-refractivity contribution >= 4 is 21.5 Å². The quantitative estimate of drug-likeness (QED) is 0.668. The van der Waals surface area contributed by atoms with Gasteiger partial charge in [0.15, 0.2) is 9.84 Å². The van der Waals surface area contributed by atoms with E-state index >= 15 is 0 Å². The van der Waals surface area contributed by atoms with Gasteiger partial charge in [0.05, 0.1) is 5.75 Å². The van der Waals surface area contributed by atoms with Crippen molar-refractivity contribution in [3.63, 3.8) is 0 Å². The van der Waals surface area contributed by atoms with Crippen LogP contribution in [0.3, 0.4) is 0 Å². The van der Waals surface area contributed by atoms with Crippen LogP contribution in [-0.2, 0) is 19.4 Å². The van der Waals surface area contributed by atoms with E-state index in [2.05, 4.69) is 5.32 Å². The predicted molar refractivity (Wildman–Crippen MR) is 57.3 cm³/mol. The smallest absolute Gasteiger partial charge is 0.220 e. The number of sulfone groups is 1. The van der Waals surface area contributed by atoms with Gasteiger partial charge < -0.3 is 10.1 Å². The summed E-state index contributed by atoms with van der Waals surface area (Å²) in [5.41, 5.74) is 0. The van der Waals surface area contributed by atoms with Gasteiger partial charge in [0, 0.05) is 25.1 Å². The number of nitrogens with one attached hydrogen (secondary N) is 1. The maximum Gasteiger partial charge on any atom is 0.220 e. The first-order valence-corrected chi connectivity index (χ1v) is 6.66. The first kappa shape index (κ1) is 14.1. The largest absolute Gasteiger partial charge is 0.355 e. The number of rotatable bonds is 7. The Morgan fingerprint density at radius 2 is 1.80 bits per heavy atom. The van der Waals surface area contributed by atoms with Gasteiger partial charge in [0.25, 0.3) is 0 Å². The van der Waals surface area contributed by atoms with Gasteiger partial charge in [0.2, 0.25) is 5.91 Å². The molecule has 0 unspecified atom stereocenters. The molecule has 0 aliphatic rings. The van der Waals surface area contributed by atoms with E-state index in [1.54, 1.807) is 6.92 Å². The van der Waals surface area contributed by atoms with E-state index in [4.69, 9.17) is 0 Å². The number of amides is 1. The summed E-state index contributed by atoms with van der Waals surface area (Å²) >= 11 is 0. The molecule has 88 valence electrons. The highest BCUT2D eigenvalue weighted by molar-refractivity contribution is 7.91. The fraction of sp³-hybridized carbons (Fsp3) is 0.778. The Morgan fingerprint density at radius 1 is 1.20 bits per heavy atom. The molecule has 0 bridgehead atoms. The maximum absolute atomic E-state index is 11.1. The SMILES string of the molecule is CCS(=O)(=O)CCNC(=O)CCC(C)=O. The summed E-state index contributed by atoms with van der Waals surface area (Å²) in [6, 6.07) is 0. The standard InChI is InChI=1S/C9H17NO4S/c1-3-15(13,14)7-6-10-9(12)5-4-8(2)11/h3-7H2,1-2H3,(H,10,12). The highest BCUT2D eigenvalue weighted by atomic mass is 32.2. The lowest BCUT2D eigenvalue weighted by atomic mass is 10.2. The minimum Gasteiger partial charge on any atom is -0.355 e. The van der Waals surface area contributed by atoms with E-state index in [9.17, 15) is 18.0 Å². The lowest BCUT2D eigenvalue weighted by molar-refractivity contribution is -0.124. The number of ketones is 1. The second kappa shape index (κ2) is 6.55. The lowest BCUT2D eigenvalue weighted by Gasteiger charge is -2.04. The summed E-state index contributed by atoms with van der Waals surface area (Å²) in [5, 5.41) is 2.46. The monoisotopic (exact) mass is 235 g/mol. The molecule has 1 N–H and O–H groups in total. The molecular formula is C9H17NO4S. The normalized spacial score (nSPS) is 11.1. The fourth-order valence-electron chi connectivity index (χ4n) is 0.868. The zero-order valence-electron chi connectivity index (χ0n) is 9.08. The second-order valence-electron chi connectivity index (χ2n) is 3.29. The molecule has 0 aromatic heterocycles. The molecule has 0 aromatic rings. The van der Waals surface area contributed by atoms with Crippen LogP contribution < -0.4 is 5.32 Å². The lowest BCUT2D eigenvalue weighted by Crippen LogP contribution is -2.29. The zero-order valence-corrected chi connectivity index (χ0v) is 9.89. The summed E-state index contributed by atoms with van der Waals surface area (Å²) in [6.07, 6.45) is 0.327. The van der Waals surface area contributed by atoms with Gasteiger partial charge in [0.1, 0.15) is 5.78 Å². The molecule has 15 heavy (non-hydrogen) atoms. The van der Waals surface area contributed by atoms with Gasteiger partial charge in [-0.3, -0.25) is 4.79 Å². The van der Waals surface area contributed by atoms with Crippen LogP contribution in [0.1, 0.15) is 26.7 Å². The molecule has 0 fully saturated rings. The molecule has 0 aliphatic heterocycles. The molecule has 0 aromatic carbocycles. The molecule has 5 nitrogen and oxygen atoms in total. The van der Waals surface area contributed by atoms with E-state index in [1.807, 2.05) is 0 Å². The Balaban J connectivity index is 3.69. The van der Waals surface area contributed by atoms with Crippen LogP contribution in [0.4, 0.5) is 0 Å². The van der Waals surface area contributed by atoms with Crippen molar-refractivity contribution in [2.45, 2.75) is 26.7 Å². The van der Waals surface area contributed by atoms with Crippen molar-refractivity contribution < 1.29 is 18.0 Å². The van der Waals surface area contributed by atoms with E-state index in [-0.39, 0.29) is 42.6 Å². The van der Waals surface area contributed by atoms with E-state index in [0.29, 0.717) is 0 Å². The van der Waals surface area contributed by atoms with E-state index in [0.717, 1.165) is 0 Å². The Morgan fingerprint density at radius 3 is 2.27 bits per heavy atom. The highest BCUT2D eigenvalue weighted by Crippen LogP contribution is 1.91. The third kappa shape index (κ3) is 8.11. The van der Waals surface area contributed by atoms with Crippen molar-refractivity contribution in [1.29, 1.82) is 0 Å². The maximum atomic E-state index is 11.1. The Hall–Kier alpha value is -0.910. The van der Waals surface area contributed by atoms with Crippen LogP contribution in [-0.4, -0.2) is 38.2 Å². The van der Waals surface area contributed by atoms with Crippen LogP contribution in [0.5, 0.6) is 0 Å². The average molecular weight is 235 g/mol. The third-order valence-electron chi connectivity index (χ3n) is 1.88. The van der Waals surface area contributed by atoms with E-state index in [1.165, 1.54) is 6.92 Å². The van der Waals surface area contributed by atoms with Crippen molar-refractivity contribution in [2.24, 2.45) is 0 Å². The van der Waals surface area contributed by atoms with Gasteiger partial charge in [-0.05, 0) is 6.92 Å². The zero-order chi connectivity index (χ0) is 11.9. The first-order chi connectivity index (χ1) is 6.87. The third-order valence-corrected chi connectivity index (χ3v) is 3.58. The van der Waals surface area contributed by atoms with Gasteiger partial charge >= 0.3 is 0 Å². The fourth-order valence-corrected chi connectivity index (χ4v) is 1.57. The Kier molecular flexibility index (Phi) is 6.15. The van der Waals surface area contributed by atoms with Crippen LogP contribution in [0.15, 0.2) is 0 Å². The number of hydrogen-bond donors (Lipinski definition) is 1. The number of carbonyl (C=O) groups excluding carboxylic acids is 2. The van der Waals surface area contributed by atoms with Crippen molar-refractivity contribution in [2.75, 3.05) is 18.1 Å². The van der Waals surface area contributed by atoms with Crippen molar-refractivity contribution in [3.8, 4) is 0 Å². The van der Waals surface area contributed by atoms with E-state index < -0.39 is 9.84 Å². The topological polar surface area (TPSA) is 80.3 Å². The highest BCUT2D eigenvalue weighted by Gasteiger charge is 2.08. The number of hydrogen-bond acceptors (Lipinski definition) is 4. The summed E-state index contributed by atoms with van der Waals surface area (Å²) in [7, 11) is -3.03. The summed E-state index contributed by atoms with van der Waals surface area (Å²) in [4.78, 5) is 21.6. The Bertz CT molecular complexity index is 321. The van der Waals surface area contributed by atoms with Crippen LogP contribution in [0.2, 0.25) is 0 Å². The molecule has 0 saturated heterocycles. The second-order valence-corrected chi connectivity index (χ2v) is 5.76. The molecule has 6 heteroatoms. The van der Waals surface area contributed by atoms with Gasteiger partial charge in [-0.1, -0.05) is 6.92 Å². The van der Waals surface area contributed by atoms with Gasteiger partial charge in [-0.15, -0.1) is 0 Å². The number of carbonyl (C=O) groups is 2. The van der Waals surface area contributed by atoms with Gasteiger partial charge in [-0.25, -0.2) is 8.42 Å². The van der Waals surface area contributed by atoms with Crippen LogP contribution >= 0.6 is 0 Å². The summed E-state index contributed by atoms with van der Waals surface area (Å²) < 4.78 is 22.1. The average Bonchev–Trinajstić information content (AvgIpc) is 2.14. The molecular weight excluding hydrogens is 218 g/mol. The first-order valence-electron chi connectivity index (χ1n) is 4.84. The summed E-state index contributed by atoms with van der Waals surface area (Å²) in [6.45, 7) is 3.09. The Labute approximate surface area is 90.2 Å². The van der Waals surface area contributed by atoms with Crippen molar-refractivity contribution in [3.05, 3.63) is 0 Å². The predicted octanol–water partition coefficient (Wildman–Crippen LogP) is -0.0935. The molecule has 0 radical (unpaired) electrons.